The van der Waals surface area contributed by atoms with Crippen molar-refractivity contribution in [2.24, 2.45) is 0 Å². The predicted octanol–water partition coefficient (Wildman–Crippen LogP) is 2.11. The van der Waals surface area contributed by atoms with Crippen molar-refractivity contribution in [3.05, 3.63) is 35.0 Å². The molecule has 1 fully saturated rings. The Morgan fingerprint density at radius 3 is 2.57 bits per heavy atom. The summed E-state index contributed by atoms with van der Waals surface area (Å²) in [6, 6.07) is 4.64. The van der Waals surface area contributed by atoms with Gasteiger partial charge in [-0.2, -0.15) is 0 Å². The number of hydrogen-bond acceptors (Lipinski definition) is 3. The zero-order chi connectivity index (χ0) is 16.6. The molecule has 2 heterocycles. The number of amides is 1. The second-order valence-electron chi connectivity index (χ2n) is 5.72. The lowest BCUT2D eigenvalue weighted by molar-refractivity contribution is -0.144. The van der Waals surface area contributed by atoms with Crippen LogP contribution >= 0.6 is 11.6 Å². The van der Waals surface area contributed by atoms with Crippen LogP contribution in [0, 0.1) is 0 Å². The number of H-pyrrole nitrogens is 1. The van der Waals surface area contributed by atoms with Crippen molar-refractivity contribution in [1.29, 1.82) is 0 Å². The van der Waals surface area contributed by atoms with E-state index in [1.165, 1.54) is 6.92 Å². The van der Waals surface area contributed by atoms with Gasteiger partial charge in [0.25, 0.3) is 0 Å². The number of aromatic amines is 1. The van der Waals surface area contributed by atoms with Crippen molar-refractivity contribution in [1.82, 2.24) is 14.8 Å². The number of carbonyl (C=O) groups excluding carboxylic acids is 1. The molecule has 1 atom stereocenters. The summed E-state index contributed by atoms with van der Waals surface area (Å²) in [5.74, 6) is -0.865. The van der Waals surface area contributed by atoms with Crippen molar-refractivity contribution in [3.8, 4) is 0 Å². The molecule has 2 N–H and O–H groups in total. The van der Waals surface area contributed by atoms with E-state index in [9.17, 15) is 14.7 Å². The van der Waals surface area contributed by atoms with Gasteiger partial charge in [-0.05, 0) is 12.1 Å². The zero-order valence-electron chi connectivity index (χ0n) is 12.8. The van der Waals surface area contributed by atoms with E-state index in [0.717, 1.165) is 16.5 Å². The molecule has 0 spiro atoms. The summed E-state index contributed by atoms with van der Waals surface area (Å²) >= 11 is 5.98. The molecule has 0 aliphatic carbocycles. The molecule has 7 heteroatoms. The minimum atomic E-state index is -0.892. The summed E-state index contributed by atoms with van der Waals surface area (Å²) in [4.78, 5) is 30.0. The average Bonchev–Trinajstić information content (AvgIpc) is 2.90. The van der Waals surface area contributed by atoms with Crippen molar-refractivity contribution in [2.75, 3.05) is 26.2 Å². The highest BCUT2D eigenvalue weighted by molar-refractivity contribution is 6.31. The van der Waals surface area contributed by atoms with Crippen LogP contribution in [-0.2, 0) is 9.59 Å². The molecular weight excluding hydrogens is 318 g/mol. The first-order valence-corrected chi connectivity index (χ1v) is 7.84. The Morgan fingerprint density at radius 2 is 1.96 bits per heavy atom. The molecule has 1 saturated heterocycles. The van der Waals surface area contributed by atoms with Gasteiger partial charge >= 0.3 is 5.97 Å². The van der Waals surface area contributed by atoms with Crippen LogP contribution in [0.4, 0.5) is 0 Å². The lowest BCUT2D eigenvalue weighted by Crippen LogP contribution is -2.50. The van der Waals surface area contributed by atoms with Crippen molar-refractivity contribution in [3.63, 3.8) is 0 Å². The Labute approximate surface area is 138 Å². The number of rotatable bonds is 3. The van der Waals surface area contributed by atoms with Gasteiger partial charge in [-0.25, -0.2) is 0 Å². The summed E-state index contributed by atoms with van der Waals surface area (Å²) in [5, 5.41) is 11.2. The second kappa shape index (κ2) is 6.22. The Kier molecular flexibility index (Phi) is 4.28. The quantitative estimate of drug-likeness (QED) is 0.900. The molecule has 1 unspecified atom stereocenters. The number of aliphatic carboxylic acids is 1. The Hall–Kier alpha value is -2.05. The van der Waals surface area contributed by atoms with Crippen molar-refractivity contribution >= 4 is 34.4 Å². The van der Waals surface area contributed by atoms with E-state index in [1.807, 2.05) is 11.0 Å². The van der Waals surface area contributed by atoms with Gasteiger partial charge in [0.1, 0.15) is 6.04 Å². The predicted molar refractivity (Wildman–Crippen MR) is 87.5 cm³/mol. The number of nitrogens with zero attached hydrogens (tertiary/aromatic N) is 2. The molecule has 0 radical (unpaired) electrons. The molecule has 1 amide bonds. The molecule has 2 aromatic rings. The van der Waals surface area contributed by atoms with Crippen LogP contribution in [0.1, 0.15) is 18.5 Å². The maximum absolute atomic E-state index is 11.9. The first-order chi connectivity index (χ1) is 11.0. The normalized spacial score (nSPS) is 17.4. The van der Waals surface area contributed by atoms with Crippen LogP contribution in [0.15, 0.2) is 24.4 Å². The molecule has 6 nitrogen and oxygen atoms in total. The molecule has 3 rings (SSSR count). The Balaban J connectivity index is 1.90. The number of nitrogens with one attached hydrogen (secondary N) is 1. The fourth-order valence-corrected chi connectivity index (χ4v) is 3.30. The summed E-state index contributed by atoms with van der Waals surface area (Å²) in [7, 11) is 0. The molecular formula is C16H18ClN3O3. The number of benzene rings is 1. The monoisotopic (exact) mass is 335 g/mol. The number of carboxylic acids is 1. The maximum atomic E-state index is 11.9. The standard InChI is InChI=1S/C16H18ClN3O3/c1-10(21)19-4-6-20(7-5-19)15(16(22)23)13-9-18-14-8-11(17)2-3-12(13)14/h2-3,8-9,15,18H,4-7H2,1H3,(H,22,23). The van der Waals surface area contributed by atoms with E-state index in [0.29, 0.717) is 31.2 Å². The van der Waals surface area contributed by atoms with Gasteiger partial charge in [0, 0.05) is 60.8 Å². The Morgan fingerprint density at radius 1 is 1.26 bits per heavy atom. The number of carbonyl (C=O) groups is 2. The lowest BCUT2D eigenvalue weighted by atomic mass is 10.0. The van der Waals surface area contributed by atoms with Gasteiger partial charge < -0.3 is 15.0 Å². The van der Waals surface area contributed by atoms with Gasteiger partial charge in [0.05, 0.1) is 0 Å². The molecule has 1 aliphatic rings. The highest BCUT2D eigenvalue weighted by Gasteiger charge is 2.32. The average molecular weight is 336 g/mol. The highest BCUT2D eigenvalue weighted by Crippen LogP contribution is 2.30. The van der Waals surface area contributed by atoms with Gasteiger partial charge in [-0.1, -0.05) is 17.7 Å². The summed E-state index contributed by atoms with van der Waals surface area (Å²) in [6.45, 7) is 3.71. The van der Waals surface area contributed by atoms with E-state index in [2.05, 4.69) is 4.98 Å². The van der Waals surface area contributed by atoms with Crippen LogP contribution < -0.4 is 0 Å². The number of halogens is 1. The lowest BCUT2D eigenvalue weighted by Gasteiger charge is -2.37. The fourth-order valence-electron chi connectivity index (χ4n) is 3.13. The summed E-state index contributed by atoms with van der Waals surface area (Å²) < 4.78 is 0. The van der Waals surface area contributed by atoms with Crippen LogP contribution in [0.25, 0.3) is 10.9 Å². The van der Waals surface area contributed by atoms with E-state index < -0.39 is 12.0 Å². The molecule has 23 heavy (non-hydrogen) atoms. The van der Waals surface area contributed by atoms with Crippen LogP contribution in [-0.4, -0.2) is 57.9 Å². The van der Waals surface area contributed by atoms with Crippen LogP contribution in [0.5, 0.6) is 0 Å². The molecule has 1 aromatic heterocycles. The number of aromatic nitrogens is 1. The number of piperazine rings is 1. The molecule has 0 saturated carbocycles. The van der Waals surface area contributed by atoms with Crippen LogP contribution in [0.3, 0.4) is 0 Å². The third-order valence-corrected chi connectivity index (χ3v) is 4.56. The van der Waals surface area contributed by atoms with Gasteiger partial charge in [0.15, 0.2) is 0 Å². The minimum Gasteiger partial charge on any atom is -0.480 e. The number of hydrogen-bond donors (Lipinski definition) is 2. The van der Waals surface area contributed by atoms with Gasteiger partial charge in [-0.15, -0.1) is 0 Å². The van der Waals surface area contributed by atoms with E-state index in [-0.39, 0.29) is 5.91 Å². The van der Waals surface area contributed by atoms with E-state index in [1.54, 1.807) is 23.2 Å². The third-order valence-electron chi connectivity index (χ3n) is 4.33. The number of fused-ring (bicyclic) bond motifs is 1. The minimum absolute atomic E-state index is 0.0262. The van der Waals surface area contributed by atoms with Crippen molar-refractivity contribution in [2.45, 2.75) is 13.0 Å². The van der Waals surface area contributed by atoms with Crippen molar-refractivity contribution < 1.29 is 14.7 Å². The zero-order valence-corrected chi connectivity index (χ0v) is 13.5. The fraction of sp³-hybridized carbons (Fsp3) is 0.375. The molecule has 1 aliphatic heterocycles. The first kappa shape index (κ1) is 15.8. The maximum Gasteiger partial charge on any atom is 0.325 e. The topological polar surface area (TPSA) is 76.6 Å². The summed E-state index contributed by atoms with van der Waals surface area (Å²) in [5.41, 5.74) is 1.54. The second-order valence-corrected chi connectivity index (χ2v) is 6.15. The van der Waals surface area contributed by atoms with Gasteiger partial charge in [0.2, 0.25) is 5.91 Å². The first-order valence-electron chi connectivity index (χ1n) is 7.46. The van der Waals surface area contributed by atoms with Crippen LogP contribution in [0.2, 0.25) is 5.02 Å². The molecule has 0 bridgehead atoms. The summed E-state index contributed by atoms with van der Waals surface area (Å²) in [6.07, 6.45) is 1.73. The smallest absolute Gasteiger partial charge is 0.325 e. The Bertz CT molecular complexity index is 750. The third kappa shape index (κ3) is 3.04. The molecule has 1 aromatic carbocycles. The SMILES string of the molecule is CC(=O)N1CCN(C(C(=O)O)c2c[nH]c3cc(Cl)ccc23)CC1. The largest absolute Gasteiger partial charge is 0.480 e. The highest BCUT2D eigenvalue weighted by atomic mass is 35.5. The van der Waals surface area contributed by atoms with Gasteiger partial charge in [-0.3, -0.25) is 14.5 Å². The van der Waals surface area contributed by atoms with E-state index in [4.69, 9.17) is 11.6 Å². The number of carboxylic acid groups (broad SMARTS) is 1. The molecule has 122 valence electrons. The van der Waals surface area contributed by atoms with E-state index >= 15 is 0 Å².